The number of rotatable bonds is 9. The lowest BCUT2D eigenvalue weighted by atomic mass is 10.1. The number of thiazole rings is 1. The average Bonchev–Trinajstić information content (AvgIpc) is 3.52. The number of anilines is 1. The highest BCUT2D eigenvalue weighted by Crippen LogP contribution is 2.20. The summed E-state index contributed by atoms with van der Waals surface area (Å²) in [6.07, 6.45) is 1.31. The van der Waals surface area contributed by atoms with Gasteiger partial charge in [0.25, 0.3) is 5.91 Å². The molecule has 2 aromatic rings. The lowest BCUT2D eigenvalue weighted by Crippen LogP contribution is -2.49. The number of hydrogen-bond acceptors (Lipinski definition) is 10. The monoisotopic (exact) mass is 527 g/mol. The second-order valence-electron chi connectivity index (χ2n) is 7.95. The molecule has 4 rings (SSSR count). The van der Waals surface area contributed by atoms with Gasteiger partial charge in [-0.2, -0.15) is 8.70 Å². The molecule has 2 aliphatic rings. The van der Waals surface area contributed by atoms with Crippen molar-refractivity contribution >= 4 is 38.1 Å². The normalized spacial score (nSPS) is 20.2. The van der Waals surface area contributed by atoms with Crippen LogP contribution in [0.2, 0.25) is 0 Å². The maximum absolute atomic E-state index is 13.3. The van der Waals surface area contributed by atoms with Crippen LogP contribution in [-0.2, 0) is 24.4 Å². The minimum absolute atomic E-state index is 0.0284. The molecule has 0 spiro atoms. The number of β-amino-alcohol motifs (C(OH)–C–C–N with tert-alkyl or cyclic N) is 1. The molecule has 2 saturated heterocycles. The molecule has 3 heterocycles. The van der Waals surface area contributed by atoms with Gasteiger partial charge in [-0.15, -0.1) is 0 Å². The van der Waals surface area contributed by atoms with Crippen molar-refractivity contribution in [2.45, 2.75) is 17.4 Å². The van der Waals surface area contributed by atoms with Crippen LogP contribution in [0.5, 0.6) is 0 Å². The number of benzene rings is 1. The Kier molecular flexibility index (Phi) is 8.41. The van der Waals surface area contributed by atoms with Crippen molar-refractivity contribution in [3.05, 3.63) is 41.2 Å². The fraction of sp³-hybridized carbons (Fsp3) is 0.476. The number of hydrogen-bond donors (Lipinski definition) is 2. The molecule has 190 valence electrons. The fourth-order valence-electron chi connectivity index (χ4n) is 3.69. The minimum atomic E-state index is -3.73. The van der Waals surface area contributed by atoms with E-state index in [0.29, 0.717) is 69.3 Å². The summed E-state index contributed by atoms with van der Waals surface area (Å²) in [6.45, 7) is 3.13. The Hall–Kier alpha value is -2.49. The third kappa shape index (κ3) is 6.39. The lowest BCUT2D eigenvalue weighted by molar-refractivity contribution is -0.110. The van der Waals surface area contributed by atoms with Crippen LogP contribution in [0.3, 0.4) is 0 Å². The zero-order chi connectivity index (χ0) is 24.8. The molecule has 35 heavy (non-hydrogen) atoms. The van der Waals surface area contributed by atoms with E-state index >= 15 is 0 Å². The van der Waals surface area contributed by atoms with Gasteiger partial charge in [-0.3, -0.25) is 15.0 Å². The van der Waals surface area contributed by atoms with Gasteiger partial charge in [0.05, 0.1) is 30.9 Å². The number of nitrogens with one attached hydrogen (secondary N) is 1. The molecule has 1 aromatic carbocycles. The smallest absolute Gasteiger partial charge is 0.280 e. The Bertz CT molecular complexity index is 1140. The molecule has 2 aliphatic heterocycles. The van der Waals surface area contributed by atoms with E-state index in [4.69, 9.17) is 14.7 Å². The molecular weight excluding hydrogens is 501 g/mol. The van der Waals surface area contributed by atoms with E-state index in [1.807, 2.05) is 4.90 Å². The van der Waals surface area contributed by atoms with Crippen LogP contribution in [0.25, 0.3) is 0 Å². The maximum atomic E-state index is 13.3. The van der Waals surface area contributed by atoms with E-state index in [1.54, 1.807) is 0 Å². The van der Waals surface area contributed by atoms with Crippen LogP contribution in [0.15, 0.2) is 40.5 Å². The van der Waals surface area contributed by atoms with Crippen LogP contribution in [-0.4, -0.2) is 98.0 Å². The zero-order valence-electron chi connectivity index (χ0n) is 18.8. The Morgan fingerprint density at radius 2 is 2.03 bits per heavy atom. The van der Waals surface area contributed by atoms with Crippen molar-refractivity contribution in [3.63, 3.8) is 0 Å². The van der Waals surface area contributed by atoms with Crippen molar-refractivity contribution in [1.29, 1.82) is 0 Å². The number of carbonyl (C=O) groups excluding carboxylic acids is 1. The number of aromatic nitrogens is 1. The molecule has 0 saturated carbocycles. The number of oxime groups is 1. The number of nitrogens with zero attached hydrogens (tertiary/aromatic N) is 4. The maximum Gasteiger partial charge on any atom is 0.280 e. The van der Waals surface area contributed by atoms with E-state index in [9.17, 15) is 17.6 Å². The quantitative estimate of drug-likeness (QED) is 0.360. The first kappa shape index (κ1) is 25.6. The van der Waals surface area contributed by atoms with Gasteiger partial charge in [0, 0.05) is 44.7 Å². The molecule has 1 aromatic heterocycles. The second kappa shape index (κ2) is 11.5. The third-order valence-electron chi connectivity index (χ3n) is 5.61. The molecule has 2 N–H and O–H groups in total. The second-order valence-corrected chi connectivity index (χ2v) is 10.9. The molecule has 0 unspecified atom stereocenters. The lowest BCUT2D eigenvalue weighted by Gasteiger charge is -2.33. The molecule has 1 amide bonds. The van der Waals surface area contributed by atoms with E-state index in [1.165, 1.54) is 28.6 Å². The Morgan fingerprint density at radius 3 is 2.63 bits per heavy atom. The van der Waals surface area contributed by atoms with E-state index in [-0.39, 0.29) is 28.4 Å². The summed E-state index contributed by atoms with van der Waals surface area (Å²) in [6, 6.07) is 5.78. The van der Waals surface area contributed by atoms with E-state index in [0.717, 1.165) is 6.20 Å². The summed E-state index contributed by atoms with van der Waals surface area (Å²) >= 11 is 0.669. The van der Waals surface area contributed by atoms with Gasteiger partial charge in [0.2, 0.25) is 10.0 Å². The molecule has 11 nitrogen and oxygen atoms in total. The highest BCUT2D eigenvalue weighted by Gasteiger charge is 2.29. The summed E-state index contributed by atoms with van der Waals surface area (Å²) < 4.78 is 46.1. The van der Waals surface area contributed by atoms with Crippen LogP contribution < -0.4 is 5.32 Å². The fourth-order valence-corrected chi connectivity index (χ4v) is 5.65. The van der Waals surface area contributed by atoms with Gasteiger partial charge in [-0.1, -0.05) is 28.6 Å². The van der Waals surface area contributed by atoms with Crippen molar-refractivity contribution < 1.29 is 32.3 Å². The first-order valence-corrected chi connectivity index (χ1v) is 13.3. The first-order chi connectivity index (χ1) is 16.9. The van der Waals surface area contributed by atoms with Gasteiger partial charge in [-0.25, -0.2) is 13.4 Å². The first-order valence-electron chi connectivity index (χ1n) is 11.0. The van der Waals surface area contributed by atoms with Gasteiger partial charge in [0.1, 0.15) is 0 Å². The van der Waals surface area contributed by atoms with Gasteiger partial charge >= 0.3 is 0 Å². The Labute approximate surface area is 206 Å². The summed E-state index contributed by atoms with van der Waals surface area (Å²) in [5.74, 6) is -0.672. The van der Waals surface area contributed by atoms with Crippen LogP contribution in [0.1, 0.15) is 12.0 Å². The highest BCUT2D eigenvalue weighted by molar-refractivity contribution is 7.89. The third-order valence-corrected chi connectivity index (χ3v) is 8.22. The highest BCUT2D eigenvalue weighted by atomic mass is 32.2. The molecular formula is C21H26FN5O6S2. The molecule has 0 radical (unpaired) electrons. The summed E-state index contributed by atoms with van der Waals surface area (Å²) in [5, 5.41) is 15.1. The van der Waals surface area contributed by atoms with Gasteiger partial charge in [-0.05, 0) is 12.1 Å². The number of halogens is 1. The number of aliphatic hydroxyl groups excluding tert-OH is 1. The standard InChI is InChI=1S/C21H26FN5O6S2/c22-18-13-23-21(34-18)24-20(29)19(25-33-16-5-12-32-14-16)15-1-3-17(4-2-15)35(30,31)27-8-6-26(7-9-27)10-11-28/h1-4,13,16,28H,5-12,14H2,(H,23,24,29)/t16-/m1/s1. The molecule has 0 bridgehead atoms. The summed E-state index contributed by atoms with van der Waals surface area (Å²) in [7, 11) is -3.73. The van der Waals surface area contributed by atoms with Crippen molar-refractivity contribution in [1.82, 2.24) is 14.2 Å². The number of aliphatic hydroxyl groups is 1. The number of ether oxygens (including phenoxy) is 1. The number of sulfonamides is 1. The number of carbonyl (C=O) groups is 1. The van der Waals surface area contributed by atoms with Gasteiger partial charge in [0.15, 0.2) is 22.1 Å². The zero-order valence-corrected chi connectivity index (χ0v) is 20.4. The Morgan fingerprint density at radius 1 is 1.29 bits per heavy atom. The van der Waals surface area contributed by atoms with Crippen LogP contribution in [0, 0.1) is 5.13 Å². The van der Waals surface area contributed by atoms with Crippen LogP contribution >= 0.6 is 11.3 Å². The van der Waals surface area contributed by atoms with Crippen molar-refractivity contribution in [3.8, 4) is 0 Å². The topological polar surface area (TPSA) is 134 Å². The van der Waals surface area contributed by atoms with Crippen molar-refractivity contribution in [2.75, 3.05) is 57.9 Å². The average molecular weight is 528 g/mol. The van der Waals surface area contributed by atoms with Crippen LogP contribution in [0.4, 0.5) is 9.52 Å². The number of amides is 1. The summed E-state index contributed by atoms with van der Waals surface area (Å²) in [4.78, 5) is 24.2. The predicted molar refractivity (Wildman–Crippen MR) is 126 cm³/mol. The van der Waals surface area contributed by atoms with E-state index in [2.05, 4.69) is 15.5 Å². The summed E-state index contributed by atoms with van der Waals surface area (Å²) in [5.41, 5.74) is 0.222. The number of piperazine rings is 1. The molecule has 0 aliphatic carbocycles. The van der Waals surface area contributed by atoms with E-state index < -0.39 is 21.1 Å². The van der Waals surface area contributed by atoms with Crippen molar-refractivity contribution in [2.24, 2.45) is 5.16 Å². The predicted octanol–water partition coefficient (Wildman–Crippen LogP) is 0.729. The molecule has 14 heteroatoms. The molecule has 1 atom stereocenters. The minimum Gasteiger partial charge on any atom is -0.395 e. The molecule has 2 fully saturated rings. The Balaban J connectivity index is 1.51. The van der Waals surface area contributed by atoms with Gasteiger partial charge < -0.3 is 14.7 Å². The SMILES string of the molecule is O=C(Nc1ncc(F)s1)C(=NO[C@@H]1CCOC1)c1ccc(S(=O)(=O)N2CCN(CCO)CC2)cc1. The largest absolute Gasteiger partial charge is 0.395 e.